The lowest BCUT2D eigenvalue weighted by Gasteiger charge is -2.00. The average molecular weight is 276 g/mol. The van der Waals surface area contributed by atoms with E-state index in [4.69, 9.17) is 4.74 Å². The number of hydrogen-bond acceptors (Lipinski definition) is 2. The monoisotopic (exact) mass is 276 g/mol. The Morgan fingerprint density at radius 2 is 1.71 bits per heavy atom. The van der Waals surface area contributed by atoms with Crippen molar-refractivity contribution in [3.63, 3.8) is 0 Å². The minimum absolute atomic E-state index is 0.369. The molecule has 0 N–H and O–H groups in total. The molecule has 2 aromatic rings. The van der Waals surface area contributed by atoms with E-state index in [1.807, 2.05) is 42.5 Å². The first-order valence-corrected chi connectivity index (χ1v) is 6.80. The Hall–Kier alpha value is -2.79. The van der Waals surface area contributed by atoms with Crippen molar-refractivity contribution in [3.05, 3.63) is 72.3 Å². The third kappa shape index (κ3) is 4.67. The molecule has 0 aliphatic heterocycles. The van der Waals surface area contributed by atoms with Crippen molar-refractivity contribution in [2.45, 2.75) is 6.92 Å². The van der Waals surface area contributed by atoms with E-state index in [1.165, 1.54) is 17.7 Å². The van der Waals surface area contributed by atoms with Gasteiger partial charge in [-0.1, -0.05) is 54.3 Å². The van der Waals surface area contributed by atoms with Crippen LogP contribution >= 0.6 is 0 Å². The molecule has 2 aromatic carbocycles. The molecule has 2 nitrogen and oxygen atoms in total. The molecule has 0 fully saturated rings. The molecule has 0 atom stereocenters. The quantitative estimate of drug-likeness (QED) is 0.484. The van der Waals surface area contributed by atoms with Gasteiger partial charge in [0.25, 0.3) is 0 Å². The van der Waals surface area contributed by atoms with Crippen LogP contribution in [0.25, 0.3) is 11.1 Å². The van der Waals surface area contributed by atoms with Gasteiger partial charge in [-0.3, -0.25) is 0 Å². The van der Waals surface area contributed by atoms with E-state index >= 15 is 0 Å². The summed E-state index contributed by atoms with van der Waals surface area (Å²) in [6, 6.07) is 18.2. The SMILES string of the molecule is CCOC(=O)/C=C\C#Cc1ccc(-c2ccccc2)cc1. The average Bonchev–Trinajstić information content (AvgIpc) is 2.53. The van der Waals surface area contributed by atoms with Crippen LogP contribution in [0.3, 0.4) is 0 Å². The van der Waals surface area contributed by atoms with Gasteiger partial charge >= 0.3 is 5.97 Å². The molecule has 2 rings (SSSR count). The van der Waals surface area contributed by atoms with Crippen LogP contribution in [-0.2, 0) is 9.53 Å². The van der Waals surface area contributed by atoms with Gasteiger partial charge in [-0.2, -0.15) is 0 Å². The maximum absolute atomic E-state index is 11.1. The van der Waals surface area contributed by atoms with Gasteiger partial charge in [-0.15, -0.1) is 0 Å². The molecule has 104 valence electrons. The number of carbonyl (C=O) groups excluding carboxylic acids is 1. The Kier molecular flexibility index (Phi) is 5.37. The summed E-state index contributed by atoms with van der Waals surface area (Å²) in [5.74, 6) is 5.43. The summed E-state index contributed by atoms with van der Waals surface area (Å²) in [6.07, 6.45) is 2.83. The van der Waals surface area contributed by atoms with Gasteiger partial charge < -0.3 is 4.74 Å². The highest BCUT2D eigenvalue weighted by atomic mass is 16.5. The maximum Gasteiger partial charge on any atom is 0.331 e. The minimum Gasteiger partial charge on any atom is -0.463 e. The second-order valence-corrected chi connectivity index (χ2v) is 4.30. The zero-order valence-electron chi connectivity index (χ0n) is 11.9. The first-order valence-electron chi connectivity index (χ1n) is 6.80. The predicted octanol–water partition coefficient (Wildman–Crippen LogP) is 3.82. The van der Waals surface area contributed by atoms with E-state index in [2.05, 4.69) is 24.0 Å². The van der Waals surface area contributed by atoms with Crippen molar-refractivity contribution in [3.8, 4) is 23.0 Å². The molecule has 0 radical (unpaired) electrons. The summed E-state index contributed by atoms with van der Waals surface area (Å²) >= 11 is 0. The van der Waals surface area contributed by atoms with Crippen LogP contribution in [0.2, 0.25) is 0 Å². The number of carbonyl (C=O) groups is 1. The maximum atomic E-state index is 11.1. The van der Waals surface area contributed by atoms with Gasteiger partial charge in [0.2, 0.25) is 0 Å². The normalized spacial score (nSPS) is 9.95. The van der Waals surface area contributed by atoms with Gasteiger partial charge in [0.15, 0.2) is 0 Å². The Morgan fingerprint density at radius 1 is 1.05 bits per heavy atom. The molecule has 0 heterocycles. The van der Waals surface area contributed by atoms with E-state index in [0.29, 0.717) is 6.61 Å². The van der Waals surface area contributed by atoms with E-state index in [1.54, 1.807) is 6.92 Å². The summed E-state index contributed by atoms with van der Waals surface area (Å²) in [4.78, 5) is 11.1. The summed E-state index contributed by atoms with van der Waals surface area (Å²) < 4.78 is 4.77. The molecule has 2 heteroatoms. The first-order chi connectivity index (χ1) is 10.3. The molecule has 0 aliphatic carbocycles. The molecule has 0 saturated heterocycles. The summed E-state index contributed by atoms with van der Waals surface area (Å²) in [7, 11) is 0. The van der Waals surface area contributed by atoms with E-state index in [9.17, 15) is 4.79 Å². The first kappa shape index (κ1) is 14.6. The van der Waals surface area contributed by atoms with Crippen LogP contribution in [0.5, 0.6) is 0 Å². The molecular weight excluding hydrogens is 260 g/mol. The molecule has 0 spiro atoms. The van der Waals surface area contributed by atoms with Gasteiger partial charge in [-0.05, 0) is 36.3 Å². The summed E-state index contributed by atoms with van der Waals surface area (Å²) in [5, 5.41) is 0. The number of ether oxygens (including phenoxy) is 1. The highest BCUT2D eigenvalue weighted by molar-refractivity contribution is 5.82. The number of allylic oxidation sites excluding steroid dienone is 1. The van der Waals surface area contributed by atoms with Crippen molar-refractivity contribution in [1.82, 2.24) is 0 Å². The highest BCUT2D eigenvalue weighted by Crippen LogP contribution is 2.18. The third-order valence-electron chi connectivity index (χ3n) is 2.80. The number of benzene rings is 2. The van der Waals surface area contributed by atoms with Crippen LogP contribution in [-0.4, -0.2) is 12.6 Å². The molecule has 21 heavy (non-hydrogen) atoms. The highest BCUT2D eigenvalue weighted by Gasteiger charge is 1.95. The third-order valence-corrected chi connectivity index (χ3v) is 2.80. The second kappa shape index (κ2) is 7.72. The van der Waals surface area contributed by atoms with E-state index in [0.717, 1.165) is 11.1 Å². The molecule has 0 aliphatic rings. The number of hydrogen-bond donors (Lipinski definition) is 0. The molecule has 0 saturated carbocycles. The zero-order valence-corrected chi connectivity index (χ0v) is 11.9. The lowest BCUT2D eigenvalue weighted by atomic mass is 10.0. The van der Waals surface area contributed by atoms with Gasteiger partial charge in [0.05, 0.1) is 6.61 Å². The Labute approximate surface area is 125 Å². The summed E-state index contributed by atoms with van der Waals surface area (Å²) in [6.45, 7) is 2.14. The molecule has 0 bridgehead atoms. The van der Waals surface area contributed by atoms with Crippen LogP contribution in [0.15, 0.2) is 66.7 Å². The molecule has 0 amide bonds. The van der Waals surface area contributed by atoms with E-state index < -0.39 is 0 Å². The van der Waals surface area contributed by atoms with Crippen LogP contribution in [0.1, 0.15) is 12.5 Å². The van der Waals surface area contributed by atoms with Crippen LogP contribution in [0.4, 0.5) is 0 Å². The van der Waals surface area contributed by atoms with Crippen molar-refractivity contribution in [2.24, 2.45) is 0 Å². The number of rotatable bonds is 3. The largest absolute Gasteiger partial charge is 0.463 e. The standard InChI is InChI=1S/C19H16O2/c1-2-21-19(20)11-7-6-8-16-12-14-18(15-13-16)17-9-4-3-5-10-17/h3-5,7,9-15H,2H2,1H3/b11-7-. The topological polar surface area (TPSA) is 26.3 Å². The van der Waals surface area contributed by atoms with Crippen molar-refractivity contribution in [2.75, 3.05) is 6.61 Å². The van der Waals surface area contributed by atoms with Gasteiger partial charge in [0, 0.05) is 11.6 Å². The van der Waals surface area contributed by atoms with Crippen molar-refractivity contribution < 1.29 is 9.53 Å². The van der Waals surface area contributed by atoms with Gasteiger partial charge in [-0.25, -0.2) is 4.79 Å². The van der Waals surface area contributed by atoms with Crippen molar-refractivity contribution in [1.29, 1.82) is 0 Å². The fourth-order valence-electron chi connectivity index (χ4n) is 1.80. The second-order valence-electron chi connectivity index (χ2n) is 4.30. The lowest BCUT2D eigenvalue weighted by Crippen LogP contribution is -1.98. The minimum atomic E-state index is -0.369. The lowest BCUT2D eigenvalue weighted by molar-refractivity contribution is -0.137. The van der Waals surface area contributed by atoms with E-state index in [-0.39, 0.29) is 5.97 Å². The Balaban J connectivity index is 2.02. The number of esters is 1. The Bertz CT molecular complexity index is 671. The van der Waals surface area contributed by atoms with Crippen LogP contribution in [0, 0.1) is 11.8 Å². The Morgan fingerprint density at radius 3 is 2.38 bits per heavy atom. The molecule has 0 aromatic heterocycles. The fourth-order valence-corrected chi connectivity index (χ4v) is 1.80. The smallest absolute Gasteiger partial charge is 0.331 e. The zero-order chi connectivity index (χ0) is 14.9. The van der Waals surface area contributed by atoms with Crippen LogP contribution < -0.4 is 0 Å². The predicted molar refractivity (Wildman–Crippen MR) is 84.5 cm³/mol. The van der Waals surface area contributed by atoms with Gasteiger partial charge in [0.1, 0.15) is 0 Å². The summed E-state index contributed by atoms with van der Waals surface area (Å²) in [5.41, 5.74) is 3.24. The fraction of sp³-hybridized carbons (Fsp3) is 0.105. The molecular formula is C19H16O2. The molecule has 0 unspecified atom stereocenters. The van der Waals surface area contributed by atoms with Crippen molar-refractivity contribution >= 4 is 5.97 Å².